The quantitative estimate of drug-likeness (QED) is 0.245. The Labute approximate surface area is 210 Å². The lowest BCUT2D eigenvalue weighted by Crippen LogP contribution is -2.36. The molecule has 11 heteroatoms. The minimum absolute atomic E-state index is 0.379. The number of morpholine rings is 1. The van der Waals surface area contributed by atoms with E-state index in [0.717, 1.165) is 56.3 Å². The van der Waals surface area contributed by atoms with Crippen LogP contribution in [0.1, 0.15) is 10.4 Å². The van der Waals surface area contributed by atoms with Crippen LogP contribution in [0.3, 0.4) is 0 Å². The van der Waals surface area contributed by atoms with Crippen LogP contribution in [0, 0.1) is 0 Å². The Morgan fingerprint density at radius 1 is 1.17 bits per heavy atom. The van der Waals surface area contributed by atoms with Crippen molar-refractivity contribution in [2.75, 3.05) is 43.2 Å². The van der Waals surface area contributed by atoms with Crippen molar-refractivity contribution < 1.29 is 14.7 Å². The minimum atomic E-state index is -0.545. The molecule has 3 aromatic heterocycles. The van der Waals surface area contributed by atoms with E-state index in [9.17, 15) is 4.79 Å². The summed E-state index contributed by atoms with van der Waals surface area (Å²) in [6.07, 6.45) is 1.81. The second kappa shape index (κ2) is 9.19. The third kappa shape index (κ3) is 3.92. The molecule has 5 aromatic rings. The van der Waals surface area contributed by atoms with Crippen molar-refractivity contribution in [1.29, 1.82) is 0 Å². The van der Waals surface area contributed by atoms with E-state index in [1.807, 2.05) is 42.3 Å². The fourth-order valence-corrected chi connectivity index (χ4v) is 5.47. The van der Waals surface area contributed by atoms with Crippen LogP contribution >= 0.6 is 11.3 Å². The fourth-order valence-electron chi connectivity index (χ4n) is 4.37. The number of benzene rings is 2. The number of thiophene rings is 1. The minimum Gasteiger partial charge on any atom is -0.378 e. The van der Waals surface area contributed by atoms with Crippen molar-refractivity contribution >= 4 is 54.9 Å². The molecule has 3 N–H and O–H groups in total. The van der Waals surface area contributed by atoms with E-state index in [2.05, 4.69) is 21.2 Å². The molecule has 0 aliphatic carbocycles. The molecule has 0 unspecified atom stereocenters. The summed E-state index contributed by atoms with van der Waals surface area (Å²) in [5.74, 6) is 1.01. The van der Waals surface area contributed by atoms with Gasteiger partial charge in [-0.1, -0.05) is 12.1 Å². The van der Waals surface area contributed by atoms with Crippen molar-refractivity contribution in [3.8, 4) is 11.4 Å². The van der Waals surface area contributed by atoms with E-state index in [1.165, 1.54) is 0 Å². The van der Waals surface area contributed by atoms with Gasteiger partial charge >= 0.3 is 0 Å². The molecule has 1 aliphatic rings. The first-order valence-electron chi connectivity index (χ1n) is 11.5. The van der Waals surface area contributed by atoms with Gasteiger partial charge in [0.05, 0.1) is 40.1 Å². The lowest BCUT2D eigenvalue weighted by atomic mass is 10.1. The molecule has 6 rings (SSSR count). The van der Waals surface area contributed by atoms with Crippen molar-refractivity contribution in [1.82, 2.24) is 25.6 Å². The first kappa shape index (κ1) is 22.4. The largest absolute Gasteiger partial charge is 0.378 e. The molecule has 1 amide bonds. The standard InChI is InChI=1S/C25H23N7O3S/c1-31(16-7-5-15(6-8-16)25(33)30-34)21-13-20-22(36-21)24(32-9-11-35-12-10-32)28-23(27-20)17-3-2-4-19-18(17)14-26-29-19/h2-8,13-14,34H,9-12H2,1H3,(H,26,29)(H,30,33). The molecule has 0 atom stereocenters. The summed E-state index contributed by atoms with van der Waals surface area (Å²) in [5.41, 5.74) is 5.67. The number of hydrogen-bond acceptors (Lipinski definition) is 9. The molecule has 10 nitrogen and oxygen atoms in total. The molecule has 0 radical (unpaired) electrons. The Morgan fingerprint density at radius 3 is 2.75 bits per heavy atom. The number of nitrogens with zero attached hydrogens (tertiary/aromatic N) is 5. The first-order valence-corrected chi connectivity index (χ1v) is 12.3. The maximum atomic E-state index is 11.7. The zero-order chi connectivity index (χ0) is 24.6. The molecule has 1 aliphatic heterocycles. The van der Waals surface area contributed by atoms with Gasteiger partial charge in [-0.3, -0.25) is 15.1 Å². The van der Waals surface area contributed by atoms with Gasteiger partial charge in [-0.25, -0.2) is 15.4 Å². The highest BCUT2D eigenvalue weighted by atomic mass is 32.1. The van der Waals surface area contributed by atoms with Gasteiger partial charge < -0.3 is 14.5 Å². The number of rotatable bonds is 5. The van der Waals surface area contributed by atoms with Crippen LogP contribution in [0.25, 0.3) is 32.5 Å². The maximum absolute atomic E-state index is 11.7. The number of ether oxygens (including phenoxy) is 1. The Morgan fingerprint density at radius 2 is 1.97 bits per heavy atom. The lowest BCUT2D eigenvalue weighted by Gasteiger charge is -2.28. The van der Waals surface area contributed by atoms with Gasteiger partial charge in [0.1, 0.15) is 0 Å². The van der Waals surface area contributed by atoms with Crippen LogP contribution in [0.2, 0.25) is 0 Å². The monoisotopic (exact) mass is 501 g/mol. The second-order valence-electron chi connectivity index (χ2n) is 8.45. The SMILES string of the molecule is CN(c1ccc(C(=O)NO)cc1)c1cc2nc(-c3cccc4[nH]ncc34)nc(N3CCOCC3)c2s1. The molecule has 182 valence electrons. The number of carbonyl (C=O) groups is 1. The smallest absolute Gasteiger partial charge is 0.274 e. The molecule has 2 aromatic carbocycles. The van der Waals surface area contributed by atoms with Crippen molar-refractivity contribution in [2.45, 2.75) is 0 Å². The van der Waals surface area contributed by atoms with Crippen LogP contribution in [-0.4, -0.2) is 64.6 Å². The summed E-state index contributed by atoms with van der Waals surface area (Å²) >= 11 is 1.63. The Hall–Kier alpha value is -4.06. The molecule has 1 fully saturated rings. The molecule has 4 heterocycles. The van der Waals surface area contributed by atoms with Crippen molar-refractivity contribution in [2.24, 2.45) is 0 Å². The Balaban J connectivity index is 1.45. The van der Waals surface area contributed by atoms with E-state index < -0.39 is 5.91 Å². The molecule has 0 saturated carbocycles. The number of fused-ring (bicyclic) bond motifs is 2. The first-order chi connectivity index (χ1) is 17.6. The van der Waals surface area contributed by atoms with Crippen LogP contribution in [0.15, 0.2) is 54.7 Å². The van der Waals surface area contributed by atoms with Gasteiger partial charge in [0.25, 0.3) is 5.91 Å². The normalized spacial score (nSPS) is 13.9. The molecular formula is C25H23N7O3S. The number of hydroxylamine groups is 1. The van der Waals surface area contributed by atoms with Crippen LogP contribution in [-0.2, 0) is 4.74 Å². The fraction of sp³-hybridized carbons (Fsp3) is 0.200. The number of anilines is 3. The zero-order valence-corrected chi connectivity index (χ0v) is 20.2. The number of nitrogens with one attached hydrogen (secondary N) is 2. The van der Waals surface area contributed by atoms with Crippen molar-refractivity contribution in [3.05, 3.63) is 60.3 Å². The maximum Gasteiger partial charge on any atom is 0.274 e. The third-order valence-electron chi connectivity index (χ3n) is 6.33. The molecule has 36 heavy (non-hydrogen) atoms. The summed E-state index contributed by atoms with van der Waals surface area (Å²) in [5, 5.41) is 18.1. The van der Waals surface area contributed by atoms with E-state index in [4.69, 9.17) is 19.9 Å². The van der Waals surface area contributed by atoms with Crippen LogP contribution < -0.4 is 15.3 Å². The number of H-pyrrole nitrogens is 1. The zero-order valence-electron chi connectivity index (χ0n) is 19.4. The van der Waals surface area contributed by atoms with Gasteiger partial charge in [0.2, 0.25) is 0 Å². The van der Waals surface area contributed by atoms with Crippen LogP contribution in [0.5, 0.6) is 0 Å². The number of hydrogen-bond donors (Lipinski definition) is 3. The van der Waals surface area contributed by atoms with E-state index in [1.54, 1.807) is 35.1 Å². The van der Waals surface area contributed by atoms with E-state index in [-0.39, 0.29) is 0 Å². The second-order valence-corrected chi connectivity index (χ2v) is 9.48. The highest BCUT2D eigenvalue weighted by Crippen LogP contribution is 2.40. The summed E-state index contributed by atoms with van der Waals surface area (Å²) in [6, 6.07) is 15.1. The van der Waals surface area contributed by atoms with E-state index in [0.29, 0.717) is 24.6 Å². The van der Waals surface area contributed by atoms with E-state index >= 15 is 0 Å². The molecule has 1 saturated heterocycles. The molecular weight excluding hydrogens is 478 g/mol. The number of aromatic nitrogens is 4. The van der Waals surface area contributed by atoms with Crippen LogP contribution in [0.4, 0.5) is 16.5 Å². The Kier molecular flexibility index (Phi) is 5.72. The number of amides is 1. The van der Waals surface area contributed by atoms with Gasteiger partial charge in [0, 0.05) is 42.3 Å². The average molecular weight is 502 g/mol. The van der Waals surface area contributed by atoms with Gasteiger partial charge in [-0.05, 0) is 36.4 Å². The number of aromatic amines is 1. The summed E-state index contributed by atoms with van der Waals surface area (Å²) in [6.45, 7) is 2.84. The third-order valence-corrected chi connectivity index (χ3v) is 7.52. The topological polar surface area (TPSA) is 120 Å². The highest BCUT2D eigenvalue weighted by molar-refractivity contribution is 7.23. The molecule has 0 bridgehead atoms. The number of carbonyl (C=O) groups excluding carboxylic acids is 1. The Bertz CT molecular complexity index is 1560. The van der Waals surface area contributed by atoms with Gasteiger partial charge in [0.15, 0.2) is 11.6 Å². The van der Waals surface area contributed by atoms with Gasteiger partial charge in [-0.2, -0.15) is 5.10 Å². The average Bonchev–Trinajstić information content (AvgIpc) is 3.59. The molecule has 0 spiro atoms. The summed E-state index contributed by atoms with van der Waals surface area (Å²) in [7, 11) is 1.97. The highest BCUT2D eigenvalue weighted by Gasteiger charge is 2.22. The summed E-state index contributed by atoms with van der Waals surface area (Å²) in [4.78, 5) is 26.0. The van der Waals surface area contributed by atoms with Crippen molar-refractivity contribution in [3.63, 3.8) is 0 Å². The predicted molar refractivity (Wildman–Crippen MR) is 139 cm³/mol. The summed E-state index contributed by atoms with van der Waals surface area (Å²) < 4.78 is 6.60. The predicted octanol–water partition coefficient (Wildman–Crippen LogP) is 3.96. The van der Waals surface area contributed by atoms with Gasteiger partial charge in [-0.15, -0.1) is 11.3 Å². The lowest BCUT2D eigenvalue weighted by molar-refractivity contribution is 0.0706.